The number of benzene rings is 2. The van der Waals surface area contributed by atoms with Gasteiger partial charge in [0.05, 0.1) is 12.2 Å². The maximum Gasteiger partial charge on any atom is 0.343 e. The summed E-state index contributed by atoms with van der Waals surface area (Å²) in [5.74, 6) is -1.13. The number of amides is 1. The van der Waals surface area contributed by atoms with Crippen LogP contribution in [0.1, 0.15) is 34.1 Å². The van der Waals surface area contributed by atoms with Gasteiger partial charge in [0.1, 0.15) is 10.7 Å². The first-order valence-electron chi connectivity index (χ1n) is 9.35. The second kappa shape index (κ2) is 9.78. The molecule has 0 saturated heterocycles. The van der Waals surface area contributed by atoms with Crippen LogP contribution in [0.3, 0.4) is 0 Å². The van der Waals surface area contributed by atoms with E-state index in [1.165, 1.54) is 11.6 Å². The number of hydrogen-bond donors (Lipinski definition) is 1. The number of rotatable bonds is 7. The van der Waals surface area contributed by atoms with E-state index in [4.69, 9.17) is 27.9 Å². The minimum absolute atomic E-state index is 0.151. The van der Waals surface area contributed by atoms with E-state index in [-0.39, 0.29) is 17.3 Å². The third-order valence-corrected chi connectivity index (χ3v) is 5.26. The molecular formula is C22H21Cl2N3O3. The molecule has 0 spiro atoms. The van der Waals surface area contributed by atoms with Gasteiger partial charge >= 0.3 is 5.97 Å². The van der Waals surface area contributed by atoms with Crippen molar-refractivity contribution in [2.75, 3.05) is 0 Å². The third kappa shape index (κ3) is 5.20. The summed E-state index contributed by atoms with van der Waals surface area (Å²) in [5.41, 5.74) is 2.35. The normalized spacial score (nSPS) is 11.7. The van der Waals surface area contributed by atoms with Gasteiger partial charge in [-0.15, -0.1) is 0 Å². The first kappa shape index (κ1) is 21.9. The van der Waals surface area contributed by atoms with Gasteiger partial charge < -0.3 is 10.1 Å². The Bertz CT molecular complexity index is 1050. The zero-order valence-corrected chi connectivity index (χ0v) is 18.1. The Balaban J connectivity index is 1.63. The van der Waals surface area contributed by atoms with Gasteiger partial charge in [-0.25, -0.2) is 9.48 Å². The number of aryl methyl sites for hydroxylation is 1. The molecule has 1 unspecified atom stereocenters. The van der Waals surface area contributed by atoms with Crippen molar-refractivity contribution in [3.8, 4) is 0 Å². The highest BCUT2D eigenvalue weighted by atomic mass is 35.5. The molecule has 8 heteroatoms. The molecule has 156 valence electrons. The maximum atomic E-state index is 12.6. The molecule has 0 fully saturated rings. The molecule has 1 atom stereocenters. The van der Waals surface area contributed by atoms with Crippen LogP contribution in [-0.4, -0.2) is 27.8 Å². The lowest BCUT2D eigenvalue weighted by Gasteiger charge is -2.14. The molecule has 0 bridgehead atoms. The highest BCUT2D eigenvalue weighted by Gasteiger charge is 2.25. The van der Waals surface area contributed by atoms with Crippen molar-refractivity contribution in [3.05, 3.63) is 87.2 Å². The average molecular weight is 446 g/mol. The van der Waals surface area contributed by atoms with Gasteiger partial charge in [-0.1, -0.05) is 71.7 Å². The molecule has 0 saturated carbocycles. The molecule has 0 aliphatic rings. The first-order chi connectivity index (χ1) is 14.4. The highest BCUT2D eigenvalue weighted by molar-refractivity contribution is 6.32. The van der Waals surface area contributed by atoms with Crippen molar-refractivity contribution in [1.82, 2.24) is 15.1 Å². The standard InChI is InChI=1S/C22H21Cl2N3O3/c1-14-19(20(24)27(26-14)13-16-8-4-3-5-9-16)22(29)30-15(2)21(28)25-12-17-10-6-7-11-18(17)23/h3-11,15H,12-13H2,1-2H3,(H,25,28). The summed E-state index contributed by atoms with van der Waals surface area (Å²) in [5, 5.41) is 7.76. The molecule has 0 aliphatic carbocycles. The van der Waals surface area contributed by atoms with Gasteiger partial charge in [0.15, 0.2) is 6.10 Å². The van der Waals surface area contributed by atoms with Gasteiger partial charge in [0.2, 0.25) is 0 Å². The monoisotopic (exact) mass is 445 g/mol. The van der Waals surface area contributed by atoms with Gasteiger partial charge in [-0.3, -0.25) is 4.79 Å². The Morgan fingerprint density at radius 2 is 1.77 bits per heavy atom. The number of hydrogen-bond acceptors (Lipinski definition) is 4. The zero-order chi connectivity index (χ0) is 21.7. The van der Waals surface area contributed by atoms with Crippen LogP contribution >= 0.6 is 23.2 Å². The number of ether oxygens (including phenoxy) is 1. The van der Waals surface area contributed by atoms with Crippen molar-refractivity contribution >= 4 is 35.1 Å². The summed E-state index contributed by atoms with van der Waals surface area (Å²) in [7, 11) is 0. The first-order valence-corrected chi connectivity index (χ1v) is 10.1. The molecule has 1 amide bonds. The van der Waals surface area contributed by atoms with Crippen molar-refractivity contribution in [3.63, 3.8) is 0 Å². The van der Waals surface area contributed by atoms with Crippen LogP contribution in [0.2, 0.25) is 10.2 Å². The van der Waals surface area contributed by atoms with Crippen LogP contribution in [0.4, 0.5) is 0 Å². The molecule has 0 radical (unpaired) electrons. The van der Waals surface area contributed by atoms with E-state index in [1.807, 2.05) is 48.5 Å². The van der Waals surface area contributed by atoms with Gasteiger partial charge in [-0.05, 0) is 31.0 Å². The van der Waals surface area contributed by atoms with Crippen LogP contribution in [-0.2, 0) is 22.6 Å². The van der Waals surface area contributed by atoms with Crippen LogP contribution in [0.5, 0.6) is 0 Å². The second-order valence-electron chi connectivity index (χ2n) is 6.75. The van der Waals surface area contributed by atoms with Crippen LogP contribution < -0.4 is 5.32 Å². The number of esters is 1. The van der Waals surface area contributed by atoms with E-state index in [1.54, 1.807) is 13.0 Å². The third-order valence-electron chi connectivity index (χ3n) is 4.51. The number of nitrogens with one attached hydrogen (secondary N) is 1. The largest absolute Gasteiger partial charge is 0.449 e. The lowest BCUT2D eigenvalue weighted by molar-refractivity contribution is -0.129. The summed E-state index contributed by atoms with van der Waals surface area (Å²) in [6, 6.07) is 16.8. The zero-order valence-electron chi connectivity index (χ0n) is 16.6. The number of nitrogens with zero attached hydrogens (tertiary/aromatic N) is 2. The molecule has 30 heavy (non-hydrogen) atoms. The van der Waals surface area contributed by atoms with Crippen LogP contribution in [0.15, 0.2) is 54.6 Å². The van der Waals surface area contributed by atoms with Crippen LogP contribution in [0, 0.1) is 6.92 Å². The van der Waals surface area contributed by atoms with Gasteiger partial charge in [-0.2, -0.15) is 5.10 Å². The molecule has 6 nitrogen and oxygen atoms in total. The van der Waals surface area contributed by atoms with E-state index in [0.29, 0.717) is 17.3 Å². The Morgan fingerprint density at radius 1 is 1.10 bits per heavy atom. The number of aromatic nitrogens is 2. The lowest BCUT2D eigenvalue weighted by Crippen LogP contribution is -2.35. The van der Waals surface area contributed by atoms with E-state index in [2.05, 4.69) is 10.4 Å². The molecule has 0 aliphatic heterocycles. The van der Waals surface area contributed by atoms with E-state index >= 15 is 0 Å². The van der Waals surface area contributed by atoms with Crippen molar-refractivity contribution < 1.29 is 14.3 Å². The quantitative estimate of drug-likeness (QED) is 0.546. The fourth-order valence-corrected chi connectivity index (χ4v) is 3.40. The Morgan fingerprint density at radius 3 is 2.47 bits per heavy atom. The summed E-state index contributed by atoms with van der Waals surface area (Å²) in [6.45, 7) is 3.82. The van der Waals surface area contributed by atoms with Crippen molar-refractivity contribution in [2.45, 2.75) is 33.0 Å². The molecule has 3 aromatic rings. The molecule has 1 aromatic heterocycles. The SMILES string of the molecule is Cc1nn(Cc2ccccc2)c(Cl)c1C(=O)OC(C)C(=O)NCc1ccccc1Cl. The minimum Gasteiger partial charge on any atom is -0.449 e. The summed E-state index contributed by atoms with van der Waals surface area (Å²) in [4.78, 5) is 25.0. The second-order valence-corrected chi connectivity index (χ2v) is 7.52. The Hall–Kier alpha value is -2.83. The van der Waals surface area contributed by atoms with Crippen LogP contribution in [0.25, 0.3) is 0 Å². The van der Waals surface area contributed by atoms with E-state index < -0.39 is 18.0 Å². The minimum atomic E-state index is -1.01. The maximum absolute atomic E-state index is 12.6. The summed E-state index contributed by atoms with van der Waals surface area (Å²) < 4.78 is 6.85. The predicted molar refractivity (Wildman–Crippen MR) is 116 cm³/mol. The Labute approximate surface area is 184 Å². The number of carbonyl (C=O) groups excluding carboxylic acids is 2. The predicted octanol–water partition coefficient (Wildman–Crippen LogP) is 4.41. The fraction of sp³-hybridized carbons (Fsp3) is 0.227. The highest BCUT2D eigenvalue weighted by Crippen LogP contribution is 2.22. The summed E-state index contributed by atoms with van der Waals surface area (Å²) >= 11 is 12.5. The average Bonchev–Trinajstić information content (AvgIpc) is 3.00. The molecule has 2 aromatic carbocycles. The fourth-order valence-electron chi connectivity index (χ4n) is 2.89. The molecule has 3 rings (SSSR count). The van der Waals surface area contributed by atoms with Gasteiger partial charge in [0.25, 0.3) is 5.91 Å². The van der Waals surface area contributed by atoms with E-state index in [9.17, 15) is 9.59 Å². The number of halogens is 2. The van der Waals surface area contributed by atoms with Gasteiger partial charge in [0, 0.05) is 11.6 Å². The summed E-state index contributed by atoms with van der Waals surface area (Å²) in [6.07, 6.45) is -1.01. The topological polar surface area (TPSA) is 73.2 Å². The lowest BCUT2D eigenvalue weighted by atomic mass is 10.2. The molecule has 1 heterocycles. The van der Waals surface area contributed by atoms with Crippen molar-refractivity contribution in [1.29, 1.82) is 0 Å². The number of carbonyl (C=O) groups is 2. The van der Waals surface area contributed by atoms with E-state index in [0.717, 1.165) is 11.1 Å². The Kier molecular flexibility index (Phi) is 7.13. The van der Waals surface area contributed by atoms with Crippen molar-refractivity contribution in [2.24, 2.45) is 0 Å². The molecular weight excluding hydrogens is 425 g/mol. The smallest absolute Gasteiger partial charge is 0.343 e. The molecule has 1 N–H and O–H groups in total.